The molecule has 1 aromatic rings. The van der Waals surface area contributed by atoms with Crippen molar-refractivity contribution in [3.8, 4) is 0 Å². The molecule has 3 aliphatic rings. The van der Waals surface area contributed by atoms with E-state index in [1.807, 2.05) is 31.2 Å². The van der Waals surface area contributed by atoms with Crippen molar-refractivity contribution in [1.82, 2.24) is 0 Å². The van der Waals surface area contributed by atoms with Crippen molar-refractivity contribution in [1.29, 1.82) is 0 Å². The van der Waals surface area contributed by atoms with E-state index < -0.39 is 12.3 Å². The molecule has 0 aromatic heterocycles. The molecule has 0 radical (unpaired) electrons. The van der Waals surface area contributed by atoms with Gasteiger partial charge in [0, 0.05) is 0 Å². The molecule has 0 atom stereocenters. The molecule has 0 unspecified atom stereocenters. The fourth-order valence-electron chi connectivity index (χ4n) is 3.67. The molecule has 2 bridgehead atoms. The Bertz CT molecular complexity index is 436. The van der Waals surface area contributed by atoms with Crippen LogP contribution in [0.1, 0.15) is 30.4 Å². The zero-order valence-corrected chi connectivity index (χ0v) is 13.3. The zero-order valence-electron chi connectivity index (χ0n) is 10.1. The van der Waals surface area contributed by atoms with Crippen LogP contribution in [-0.2, 0) is 5.41 Å². The third kappa shape index (κ3) is 1.81. The van der Waals surface area contributed by atoms with Crippen molar-refractivity contribution >= 4 is 6.98 Å². The normalized spacial score (nSPS) is 34.4. The van der Waals surface area contributed by atoms with Gasteiger partial charge in [0.1, 0.15) is 0 Å². The molecule has 0 saturated heterocycles. The molecule has 4 rings (SSSR count). The summed E-state index contributed by atoms with van der Waals surface area (Å²) in [4.78, 5) is 0. The zero-order chi connectivity index (χ0) is 11.6. The molecule has 0 N–H and O–H groups in total. The Morgan fingerprint density at radius 3 is 2.06 bits per heavy atom. The second kappa shape index (κ2) is 4.10. The van der Waals surface area contributed by atoms with E-state index in [1.54, 1.807) is 0 Å². The Morgan fingerprint density at radius 2 is 1.59 bits per heavy atom. The molecule has 0 amide bonds. The molecular weight excluding hydrogens is 251 g/mol. The summed E-state index contributed by atoms with van der Waals surface area (Å²) in [5.41, 5.74) is 2.13. The molecule has 0 aliphatic heterocycles. The molecule has 3 saturated carbocycles. The second-order valence-corrected chi connectivity index (χ2v) is 5.56. The average Bonchev–Trinajstić information content (AvgIpc) is 2.00. The SMILES string of the molecule is Cc1ccccc1C12CC([B-](F)(F)F)(C1)C2.[K+]. The smallest absolute Gasteiger partial charge is 0.449 e. The predicted molar refractivity (Wildman–Crippen MR) is 58.5 cm³/mol. The number of aryl methyl sites for hydroxylation is 1. The molecule has 17 heavy (non-hydrogen) atoms. The van der Waals surface area contributed by atoms with E-state index >= 15 is 0 Å². The maximum atomic E-state index is 12.8. The molecule has 3 aliphatic carbocycles. The van der Waals surface area contributed by atoms with Crippen LogP contribution in [0.25, 0.3) is 0 Å². The maximum Gasteiger partial charge on any atom is 1.00 e. The summed E-state index contributed by atoms with van der Waals surface area (Å²) >= 11 is 0. The van der Waals surface area contributed by atoms with Gasteiger partial charge in [-0.15, -0.1) is 0 Å². The van der Waals surface area contributed by atoms with E-state index in [-0.39, 0.29) is 56.8 Å². The summed E-state index contributed by atoms with van der Waals surface area (Å²) in [6.45, 7) is -2.66. The molecule has 0 nitrogen and oxygen atoms in total. The third-order valence-electron chi connectivity index (χ3n) is 4.48. The first kappa shape index (κ1) is 14.1. The van der Waals surface area contributed by atoms with Crippen molar-refractivity contribution < 1.29 is 64.3 Å². The standard InChI is InChI=1S/C12H13BF3.K/c1-9-4-2-3-5-10(9)11-6-12(7-11,8-11)13(14,15)16;/h2-5H,6-8H2,1H3;/q-1;+1. The molecule has 0 heterocycles. The average molecular weight is 264 g/mol. The van der Waals surface area contributed by atoms with Crippen molar-refractivity contribution in [2.24, 2.45) is 0 Å². The van der Waals surface area contributed by atoms with Crippen LogP contribution >= 0.6 is 0 Å². The minimum Gasteiger partial charge on any atom is -0.449 e. The Balaban J connectivity index is 0.00000108. The van der Waals surface area contributed by atoms with Crippen molar-refractivity contribution in [3.05, 3.63) is 35.4 Å². The fraction of sp³-hybridized carbons (Fsp3) is 0.500. The molecular formula is C12H13BF3K. The number of benzene rings is 1. The minimum absolute atomic E-state index is 0. The minimum atomic E-state index is -4.64. The van der Waals surface area contributed by atoms with Gasteiger partial charge in [-0.3, -0.25) is 0 Å². The van der Waals surface area contributed by atoms with Gasteiger partial charge in [0.25, 0.3) is 0 Å². The molecule has 0 spiro atoms. The van der Waals surface area contributed by atoms with E-state index in [9.17, 15) is 12.9 Å². The molecule has 86 valence electrons. The van der Waals surface area contributed by atoms with Gasteiger partial charge in [0.2, 0.25) is 0 Å². The fourth-order valence-corrected chi connectivity index (χ4v) is 3.67. The van der Waals surface area contributed by atoms with Crippen LogP contribution < -0.4 is 51.4 Å². The van der Waals surface area contributed by atoms with Gasteiger partial charge in [-0.2, -0.15) is 0 Å². The van der Waals surface area contributed by atoms with Crippen LogP contribution in [0, 0.1) is 6.92 Å². The Hall–Kier alpha value is 0.711. The second-order valence-electron chi connectivity index (χ2n) is 5.56. The van der Waals surface area contributed by atoms with Crippen LogP contribution in [0.15, 0.2) is 24.3 Å². The maximum absolute atomic E-state index is 12.8. The van der Waals surface area contributed by atoms with Crippen LogP contribution in [0.2, 0.25) is 5.31 Å². The predicted octanol–water partition coefficient (Wildman–Crippen LogP) is 1.02. The first-order chi connectivity index (χ1) is 7.39. The van der Waals surface area contributed by atoms with E-state index in [0.717, 1.165) is 11.1 Å². The van der Waals surface area contributed by atoms with Crippen LogP contribution in [0.5, 0.6) is 0 Å². The van der Waals surface area contributed by atoms with Crippen molar-refractivity contribution in [3.63, 3.8) is 0 Å². The van der Waals surface area contributed by atoms with Crippen LogP contribution in [-0.4, -0.2) is 6.98 Å². The summed E-state index contributed by atoms with van der Waals surface area (Å²) in [5.74, 6) is 0. The van der Waals surface area contributed by atoms with E-state index in [2.05, 4.69) is 0 Å². The van der Waals surface area contributed by atoms with Gasteiger partial charge in [-0.25, -0.2) is 0 Å². The van der Waals surface area contributed by atoms with E-state index in [0.29, 0.717) is 19.3 Å². The van der Waals surface area contributed by atoms with Crippen LogP contribution in [0.3, 0.4) is 0 Å². The monoisotopic (exact) mass is 264 g/mol. The number of hydrogen-bond donors (Lipinski definition) is 0. The van der Waals surface area contributed by atoms with E-state index in [1.165, 1.54) is 0 Å². The Kier molecular flexibility index (Phi) is 3.41. The van der Waals surface area contributed by atoms with Gasteiger partial charge < -0.3 is 12.9 Å². The van der Waals surface area contributed by atoms with Gasteiger partial charge in [-0.1, -0.05) is 48.8 Å². The Morgan fingerprint density at radius 1 is 1.06 bits per heavy atom. The quantitative estimate of drug-likeness (QED) is 0.700. The molecule has 1 aromatic carbocycles. The molecule has 5 heteroatoms. The summed E-state index contributed by atoms with van der Waals surface area (Å²) < 4.78 is 38.3. The summed E-state index contributed by atoms with van der Waals surface area (Å²) in [6.07, 6.45) is 0.983. The molecule has 3 fully saturated rings. The van der Waals surface area contributed by atoms with Gasteiger partial charge in [0.15, 0.2) is 0 Å². The number of rotatable bonds is 2. The van der Waals surface area contributed by atoms with Gasteiger partial charge in [-0.05, 0) is 23.5 Å². The first-order valence-electron chi connectivity index (χ1n) is 5.64. The van der Waals surface area contributed by atoms with Crippen molar-refractivity contribution in [2.45, 2.75) is 36.9 Å². The van der Waals surface area contributed by atoms with Crippen LogP contribution in [0.4, 0.5) is 12.9 Å². The number of hydrogen-bond acceptors (Lipinski definition) is 0. The third-order valence-corrected chi connectivity index (χ3v) is 4.48. The van der Waals surface area contributed by atoms with Crippen molar-refractivity contribution in [2.75, 3.05) is 0 Å². The summed E-state index contributed by atoms with van der Waals surface area (Å²) in [5, 5.41) is -1.28. The number of halogens is 3. The first-order valence-corrected chi connectivity index (χ1v) is 5.64. The van der Waals surface area contributed by atoms with E-state index in [4.69, 9.17) is 0 Å². The van der Waals surface area contributed by atoms with Gasteiger partial charge in [0.05, 0.1) is 0 Å². The van der Waals surface area contributed by atoms with Gasteiger partial charge >= 0.3 is 58.4 Å². The summed E-state index contributed by atoms with van der Waals surface area (Å²) in [6, 6.07) is 7.84. The Labute approximate surface area is 142 Å². The largest absolute Gasteiger partial charge is 1.00 e. The summed E-state index contributed by atoms with van der Waals surface area (Å²) in [7, 11) is 0. The topological polar surface area (TPSA) is 0 Å².